The highest BCUT2D eigenvalue weighted by Gasteiger charge is 2.37. The molecule has 0 aromatic carbocycles. The Morgan fingerprint density at radius 1 is 1.00 bits per heavy atom. The van der Waals surface area contributed by atoms with Crippen LogP contribution in [0.3, 0.4) is 0 Å². The van der Waals surface area contributed by atoms with E-state index >= 15 is 0 Å². The fourth-order valence-electron chi connectivity index (χ4n) is 5.35. The summed E-state index contributed by atoms with van der Waals surface area (Å²) in [5, 5.41) is 3.80. The van der Waals surface area contributed by atoms with E-state index in [1.807, 2.05) is 0 Å². The van der Waals surface area contributed by atoms with Crippen LogP contribution in [0.25, 0.3) is 0 Å². The van der Waals surface area contributed by atoms with Gasteiger partial charge >= 0.3 is 0 Å². The van der Waals surface area contributed by atoms with Crippen LogP contribution in [0.15, 0.2) is 0 Å². The smallest absolute Gasteiger partial charge is 0.0252 e. The van der Waals surface area contributed by atoms with Gasteiger partial charge in [0.05, 0.1) is 0 Å². The highest BCUT2D eigenvalue weighted by molar-refractivity contribution is 4.94. The molecule has 122 valence electrons. The number of nitrogens with one attached hydrogen (secondary N) is 1. The summed E-state index contributed by atoms with van der Waals surface area (Å²) >= 11 is 0. The maximum Gasteiger partial charge on any atom is 0.0252 e. The molecule has 0 amide bonds. The molecule has 4 atom stereocenters. The molecule has 0 radical (unpaired) electrons. The molecule has 3 aliphatic rings. The molecule has 3 rings (SSSR count). The van der Waals surface area contributed by atoms with Crippen molar-refractivity contribution in [1.82, 2.24) is 10.2 Å². The number of rotatable bonds is 4. The van der Waals surface area contributed by atoms with Crippen LogP contribution in [0.4, 0.5) is 0 Å². The predicted molar refractivity (Wildman–Crippen MR) is 90.6 cm³/mol. The summed E-state index contributed by atoms with van der Waals surface area (Å²) in [5.74, 6) is 1.88. The third-order valence-electron chi connectivity index (χ3n) is 6.18. The lowest BCUT2D eigenvalue weighted by atomic mass is 9.79. The molecule has 4 unspecified atom stereocenters. The molecule has 2 saturated heterocycles. The first-order chi connectivity index (χ1) is 10.2. The lowest BCUT2D eigenvalue weighted by molar-refractivity contribution is 0.0397. The Kier molecular flexibility index (Phi) is 5.61. The molecule has 1 aliphatic carbocycles. The predicted octanol–water partition coefficient (Wildman–Crippen LogP) is 4.20. The van der Waals surface area contributed by atoms with E-state index in [1.54, 1.807) is 0 Å². The van der Waals surface area contributed by atoms with Crippen molar-refractivity contribution < 1.29 is 0 Å². The first-order valence-corrected chi connectivity index (χ1v) is 9.73. The fraction of sp³-hybridized carbons (Fsp3) is 1.00. The van der Waals surface area contributed by atoms with E-state index in [9.17, 15) is 0 Å². The molecular formula is C19H36N2. The second-order valence-electron chi connectivity index (χ2n) is 8.32. The molecule has 0 aromatic heterocycles. The molecule has 21 heavy (non-hydrogen) atoms. The summed E-state index contributed by atoms with van der Waals surface area (Å²) in [7, 11) is 0. The van der Waals surface area contributed by atoms with E-state index in [-0.39, 0.29) is 0 Å². The molecule has 1 N–H and O–H groups in total. The maximum atomic E-state index is 3.80. The molecule has 1 saturated carbocycles. The zero-order chi connectivity index (χ0) is 14.7. The SMILES string of the molecule is CC(C)CC1CCCC(N2CCCCC2C2CCCN2)C1. The van der Waals surface area contributed by atoms with Gasteiger partial charge in [-0.3, -0.25) is 4.90 Å². The zero-order valence-corrected chi connectivity index (χ0v) is 14.3. The van der Waals surface area contributed by atoms with Crippen LogP contribution >= 0.6 is 0 Å². The third kappa shape index (κ3) is 4.01. The van der Waals surface area contributed by atoms with Gasteiger partial charge < -0.3 is 5.32 Å². The summed E-state index contributed by atoms with van der Waals surface area (Å²) in [6.07, 6.45) is 14.5. The van der Waals surface area contributed by atoms with Gasteiger partial charge in [-0.05, 0) is 69.9 Å². The van der Waals surface area contributed by atoms with Crippen LogP contribution in [-0.4, -0.2) is 36.1 Å². The minimum atomic E-state index is 0.802. The molecule has 0 bridgehead atoms. The zero-order valence-electron chi connectivity index (χ0n) is 14.3. The summed E-state index contributed by atoms with van der Waals surface area (Å²) in [6, 6.07) is 2.55. The molecule has 3 fully saturated rings. The van der Waals surface area contributed by atoms with Gasteiger partial charge in [0.1, 0.15) is 0 Å². The van der Waals surface area contributed by atoms with E-state index in [2.05, 4.69) is 24.1 Å². The fourth-order valence-corrected chi connectivity index (χ4v) is 5.35. The van der Waals surface area contributed by atoms with Gasteiger partial charge in [0.15, 0.2) is 0 Å². The van der Waals surface area contributed by atoms with E-state index in [4.69, 9.17) is 0 Å². The second-order valence-corrected chi connectivity index (χ2v) is 8.32. The van der Waals surface area contributed by atoms with Crippen molar-refractivity contribution in [1.29, 1.82) is 0 Å². The summed E-state index contributed by atoms with van der Waals surface area (Å²) in [5.41, 5.74) is 0. The van der Waals surface area contributed by atoms with Crippen LogP contribution in [-0.2, 0) is 0 Å². The molecule has 2 heteroatoms. The number of hydrogen-bond donors (Lipinski definition) is 1. The molecule has 0 aromatic rings. The largest absolute Gasteiger partial charge is 0.312 e. The lowest BCUT2D eigenvalue weighted by Crippen LogP contribution is -2.55. The van der Waals surface area contributed by atoms with Gasteiger partial charge in [0, 0.05) is 18.1 Å². The summed E-state index contributed by atoms with van der Waals surface area (Å²) in [4.78, 5) is 2.96. The quantitative estimate of drug-likeness (QED) is 0.835. The first-order valence-electron chi connectivity index (χ1n) is 9.73. The summed E-state index contributed by atoms with van der Waals surface area (Å²) < 4.78 is 0. The Labute approximate surface area is 132 Å². The third-order valence-corrected chi connectivity index (χ3v) is 6.18. The Hall–Kier alpha value is -0.0800. The Morgan fingerprint density at radius 2 is 1.90 bits per heavy atom. The molecule has 0 spiro atoms. The highest BCUT2D eigenvalue weighted by Crippen LogP contribution is 2.36. The van der Waals surface area contributed by atoms with Crippen molar-refractivity contribution in [2.24, 2.45) is 11.8 Å². The summed E-state index contributed by atoms with van der Waals surface area (Å²) in [6.45, 7) is 7.43. The topological polar surface area (TPSA) is 15.3 Å². The minimum absolute atomic E-state index is 0.802. The number of hydrogen-bond acceptors (Lipinski definition) is 2. The van der Waals surface area contributed by atoms with Crippen LogP contribution in [0, 0.1) is 11.8 Å². The van der Waals surface area contributed by atoms with E-state index in [0.29, 0.717) is 0 Å². The molecular weight excluding hydrogens is 256 g/mol. The highest BCUT2D eigenvalue weighted by atomic mass is 15.2. The van der Waals surface area contributed by atoms with Crippen LogP contribution < -0.4 is 5.32 Å². The van der Waals surface area contributed by atoms with Crippen molar-refractivity contribution in [2.45, 2.75) is 96.2 Å². The van der Waals surface area contributed by atoms with Crippen molar-refractivity contribution in [3.05, 3.63) is 0 Å². The Bertz CT molecular complexity index is 309. The van der Waals surface area contributed by atoms with Gasteiger partial charge in [-0.25, -0.2) is 0 Å². The number of piperidine rings is 1. The number of nitrogens with zero attached hydrogens (tertiary/aromatic N) is 1. The van der Waals surface area contributed by atoms with Crippen LogP contribution in [0.2, 0.25) is 0 Å². The van der Waals surface area contributed by atoms with E-state index in [1.165, 1.54) is 77.3 Å². The standard InChI is InChI=1S/C19H36N2/c1-15(2)13-16-7-5-8-17(14-16)21-12-4-3-10-19(21)18-9-6-11-20-18/h15-20H,3-14H2,1-2H3. The van der Waals surface area contributed by atoms with Gasteiger partial charge in [-0.2, -0.15) is 0 Å². The molecule has 2 aliphatic heterocycles. The van der Waals surface area contributed by atoms with Gasteiger partial charge in [-0.1, -0.05) is 33.1 Å². The van der Waals surface area contributed by atoms with Crippen LogP contribution in [0.5, 0.6) is 0 Å². The Morgan fingerprint density at radius 3 is 2.67 bits per heavy atom. The number of likely N-dealkylation sites (tertiary alicyclic amines) is 1. The van der Waals surface area contributed by atoms with Crippen molar-refractivity contribution in [2.75, 3.05) is 13.1 Å². The van der Waals surface area contributed by atoms with Gasteiger partial charge in [0.2, 0.25) is 0 Å². The maximum absolute atomic E-state index is 3.80. The van der Waals surface area contributed by atoms with Gasteiger partial charge in [0.25, 0.3) is 0 Å². The monoisotopic (exact) mass is 292 g/mol. The van der Waals surface area contributed by atoms with Crippen molar-refractivity contribution >= 4 is 0 Å². The molecule has 2 heterocycles. The first kappa shape index (κ1) is 15.8. The van der Waals surface area contributed by atoms with E-state index in [0.717, 1.165) is 30.0 Å². The van der Waals surface area contributed by atoms with E-state index < -0.39 is 0 Å². The van der Waals surface area contributed by atoms with Crippen molar-refractivity contribution in [3.63, 3.8) is 0 Å². The van der Waals surface area contributed by atoms with Crippen molar-refractivity contribution in [3.8, 4) is 0 Å². The van der Waals surface area contributed by atoms with Gasteiger partial charge in [-0.15, -0.1) is 0 Å². The Balaban J connectivity index is 1.61. The average molecular weight is 293 g/mol. The van der Waals surface area contributed by atoms with Crippen LogP contribution in [0.1, 0.15) is 78.1 Å². The molecule has 2 nitrogen and oxygen atoms in total. The lowest BCUT2D eigenvalue weighted by Gasteiger charge is -2.46. The normalized spacial score (nSPS) is 39.0. The second kappa shape index (κ2) is 7.46. The minimum Gasteiger partial charge on any atom is -0.312 e. The average Bonchev–Trinajstić information content (AvgIpc) is 3.01.